The molecule has 0 saturated carbocycles. The first-order chi connectivity index (χ1) is 7.49. The van der Waals surface area contributed by atoms with Gasteiger partial charge in [-0.2, -0.15) is 0 Å². The summed E-state index contributed by atoms with van der Waals surface area (Å²) in [5.74, 6) is 0.101. The number of carbonyl (C=O) groups is 1. The van der Waals surface area contributed by atoms with Crippen LogP contribution in [-0.2, 0) is 9.53 Å². The maximum absolute atomic E-state index is 11.5. The highest BCUT2D eigenvalue weighted by molar-refractivity contribution is 5.81. The summed E-state index contributed by atoms with van der Waals surface area (Å²) in [7, 11) is 0. The molecule has 16 heavy (non-hydrogen) atoms. The van der Waals surface area contributed by atoms with Crippen molar-refractivity contribution < 1.29 is 9.53 Å². The second kappa shape index (κ2) is 8.30. The molecule has 1 amide bonds. The monoisotopic (exact) mass is 228 g/mol. The van der Waals surface area contributed by atoms with Gasteiger partial charge in [0.15, 0.2) is 0 Å². The average Bonchev–Trinajstić information content (AvgIpc) is 2.25. The molecule has 0 aromatic rings. The van der Waals surface area contributed by atoms with E-state index in [-0.39, 0.29) is 11.8 Å². The molecule has 3 N–H and O–H groups in total. The lowest BCUT2D eigenvalue weighted by atomic mass is 9.99. The molecule has 0 radical (unpaired) electrons. The molecule has 0 heterocycles. The molecule has 2 unspecified atom stereocenters. The highest BCUT2D eigenvalue weighted by Gasteiger charge is 2.18. The molecule has 0 aliphatic carbocycles. The number of ether oxygens (including phenoxy) is 1. The second-order valence-corrected chi connectivity index (χ2v) is 4.21. The van der Waals surface area contributed by atoms with Crippen LogP contribution in [-0.4, -0.2) is 31.7 Å². The van der Waals surface area contributed by atoms with Crippen LogP contribution in [0.25, 0.3) is 0 Å². The summed E-state index contributed by atoms with van der Waals surface area (Å²) in [4.78, 5) is 11.5. The van der Waals surface area contributed by atoms with E-state index in [1.807, 2.05) is 20.8 Å². The molecule has 0 saturated heterocycles. The van der Waals surface area contributed by atoms with Crippen LogP contribution >= 0.6 is 0 Å². The lowest BCUT2D eigenvalue weighted by Crippen LogP contribution is -2.45. The van der Waals surface area contributed by atoms with Crippen molar-refractivity contribution in [2.75, 3.05) is 19.8 Å². The van der Waals surface area contributed by atoms with Crippen molar-refractivity contribution >= 4 is 5.91 Å². The summed E-state index contributed by atoms with van der Waals surface area (Å²) in [6.07, 6.45) is 0.904. The SMILES string of the molecule is C=C(C)COCCNC(=O)C(N)C(C)CC. The van der Waals surface area contributed by atoms with Gasteiger partial charge < -0.3 is 15.8 Å². The fourth-order valence-corrected chi connectivity index (χ4v) is 1.12. The summed E-state index contributed by atoms with van der Waals surface area (Å²) in [6, 6.07) is -0.425. The van der Waals surface area contributed by atoms with E-state index in [9.17, 15) is 4.79 Å². The molecule has 0 spiro atoms. The van der Waals surface area contributed by atoms with E-state index in [2.05, 4.69) is 11.9 Å². The highest BCUT2D eigenvalue weighted by Crippen LogP contribution is 2.04. The molecule has 0 bridgehead atoms. The lowest BCUT2D eigenvalue weighted by molar-refractivity contribution is -0.123. The molecule has 4 heteroatoms. The van der Waals surface area contributed by atoms with Crippen LogP contribution in [0.15, 0.2) is 12.2 Å². The van der Waals surface area contributed by atoms with Crippen molar-refractivity contribution in [3.63, 3.8) is 0 Å². The largest absolute Gasteiger partial charge is 0.375 e. The summed E-state index contributed by atoms with van der Waals surface area (Å²) in [6.45, 7) is 11.1. The van der Waals surface area contributed by atoms with Gasteiger partial charge in [0.25, 0.3) is 0 Å². The normalized spacial score (nSPS) is 14.2. The Bertz CT molecular complexity index is 229. The molecule has 0 rings (SSSR count). The Morgan fingerprint density at radius 2 is 2.19 bits per heavy atom. The Hall–Kier alpha value is -0.870. The summed E-state index contributed by atoms with van der Waals surface area (Å²) in [5.41, 5.74) is 6.74. The molecular weight excluding hydrogens is 204 g/mol. The first-order valence-electron chi connectivity index (χ1n) is 5.74. The van der Waals surface area contributed by atoms with Crippen molar-refractivity contribution in [2.45, 2.75) is 33.2 Å². The standard InChI is InChI=1S/C12H24N2O2/c1-5-10(4)11(13)12(15)14-6-7-16-8-9(2)3/h10-11H,2,5-8,13H2,1,3-4H3,(H,14,15). The molecule has 2 atom stereocenters. The van der Waals surface area contributed by atoms with Crippen molar-refractivity contribution in [3.8, 4) is 0 Å². The highest BCUT2D eigenvalue weighted by atomic mass is 16.5. The van der Waals surface area contributed by atoms with Crippen molar-refractivity contribution in [1.82, 2.24) is 5.32 Å². The molecule has 0 fully saturated rings. The van der Waals surface area contributed by atoms with E-state index in [0.717, 1.165) is 12.0 Å². The molecular formula is C12H24N2O2. The van der Waals surface area contributed by atoms with Crippen LogP contribution < -0.4 is 11.1 Å². The van der Waals surface area contributed by atoms with Crippen LogP contribution in [0.5, 0.6) is 0 Å². The molecule has 0 aliphatic rings. The molecule has 0 aromatic carbocycles. The Morgan fingerprint density at radius 3 is 2.69 bits per heavy atom. The van der Waals surface area contributed by atoms with Crippen LogP contribution in [0, 0.1) is 5.92 Å². The van der Waals surface area contributed by atoms with Crippen LogP contribution in [0.3, 0.4) is 0 Å². The average molecular weight is 228 g/mol. The number of nitrogens with two attached hydrogens (primary N) is 1. The molecule has 94 valence electrons. The fourth-order valence-electron chi connectivity index (χ4n) is 1.12. The first-order valence-corrected chi connectivity index (χ1v) is 5.74. The van der Waals surface area contributed by atoms with E-state index >= 15 is 0 Å². The summed E-state index contributed by atoms with van der Waals surface area (Å²) < 4.78 is 5.26. The second-order valence-electron chi connectivity index (χ2n) is 4.21. The Morgan fingerprint density at radius 1 is 1.56 bits per heavy atom. The number of hydrogen-bond acceptors (Lipinski definition) is 3. The third-order valence-corrected chi connectivity index (χ3v) is 2.45. The van der Waals surface area contributed by atoms with Gasteiger partial charge in [0, 0.05) is 6.54 Å². The maximum Gasteiger partial charge on any atom is 0.237 e. The molecule has 4 nitrogen and oxygen atoms in total. The minimum Gasteiger partial charge on any atom is -0.375 e. The van der Waals surface area contributed by atoms with Crippen LogP contribution in [0.2, 0.25) is 0 Å². The zero-order valence-corrected chi connectivity index (χ0v) is 10.6. The zero-order chi connectivity index (χ0) is 12.6. The molecule has 0 aliphatic heterocycles. The van der Waals surface area contributed by atoms with Gasteiger partial charge in [-0.05, 0) is 12.8 Å². The van der Waals surface area contributed by atoms with E-state index in [4.69, 9.17) is 10.5 Å². The van der Waals surface area contributed by atoms with Crippen LogP contribution in [0.4, 0.5) is 0 Å². The van der Waals surface area contributed by atoms with Crippen LogP contribution in [0.1, 0.15) is 27.2 Å². The van der Waals surface area contributed by atoms with E-state index in [1.54, 1.807) is 0 Å². The minimum atomic E-state index is -0.425. The van der Waals surface area contributed by atoms with Crippen molar-refractivity contribution in [1.29, 1.82) is 0 Å². The van der Waals surface area contributed by atoms with Gasteiger partial charge in [-0.15, -0.1) is 0 Å². The Balaban J connectivity index is 3.61. The predicted octanol–water partition coefficient (Wildman–Crippen LogP) is 1.07. The van der Waals surface area contributed by atoms with Gasteiger partial charge >= 0.3 is 0 Å². The summed E-state index contributed by atoms with van der Waals surface area (Å²) in [5, 5.41) is 2.75. The third kappa shape index (κ3) is 6.58. The number of rotatable bonds is 8. The predicted molar refractivity (Wildman–Crippen MR) is 66.1 cm³/mol. The van der Waals surface area contributed by atoms with E-state index < -0.39 is 6.04 Å². The fraction of sp³-hybridized carbons (Fsp3) is 0.750. The van der Waals surface area contributed by atoms with E-state index in [1.165, 1.54) is 0 Å². The maximum atomic E-state index is 11.5. The molecule has 0 aromatic heterocycles. The Labute approximate surface area is 98.2 Å². The van der Waals surface area contributed by atoms with Crippen molar-refractivity contribution in [2.24, 2.45) is 11.7 Å². The number of carbonyl (C=O) groups excluding carboxylic acids is 1. The number of nitrogens with one attached hydrogen (secondary N) is 1. The van der Waals surface area contributed by atoms with E-state index in [0.29, 0.717) is 19.8 Å². The quantitative estimate of drug-likeness (QED) is 0.482. The zero-order valence-electron chi connectivity index (χ0n) is 10.6. The van der Waals surface area contributed by atoms with Gasteiger partial charge in [-0.1, -0.05) is 32.4 Å². The van der Waals surface area contributed by atoms with Crippen molar-refractivity contribution in [3.05, 3.63) is 12.2 Å². The smallest absolute Gasteiger partial charge is 0.237 e. The Kier molecular flexibility index (Phi) is 7.85. The van der Waals surface area contributed by atoms with Gasteiger partial charge in [0.05, 0.1) is 19.3 Å². The number of hydrogen-bond donors (Lipinski definition) is 2. The van der Waals surface area contributed by atoms with Gasteiger partial charge in [-0.3, -0.25) is 4.79 Å². The van der Waals surface area contributed by atoms with Gasteiger partial charge in [-0.25, -0.2) is 0 Å². The third-order valence-electron chi connectivity index (χ3n) is 2.45. The minimum absolute atomic E-state index is 0.103. The lowest BCUT2D eigenvalue weighted by Gasteiger charge is -2.17. The van der Waals surface area contributed by atoms with Gasteiger partial charge in [0.2, 0.25) is 5.91 Å². The first kappa shape index (κ1) is 15.1. The topological polar surface area (TPSA) is 64.3 Å². The number of amides is 1. The van der Waals surface area contributed by atoms with Gasteiger partial charge in [0.1, 0.15) is 0 Å². The summed E-state index contributed by atoms with van der Waals surface area (Å²) >= 11 is 0.